The molecule has 1 aliphatic heterocycles. The summed E-state index contributed by atoms with van der Waals surface area (Å²) in [4.78, 5) is 14.3. The molecule has 1 N–H and O–H groups in total. The predicted octanol–water partition coefficient (Wildman–Crippen LogP) is 2.82. The number of urea groups is 1. The number of likely N-dealkylation sites (tertiary alicyclic amines) is 1. The van der Waals surface area contributed by atoms with E-state index < -0.39 is 0 Å². The highest BCUT2D eigenvalue weighted by atomic mass is 32.1. The van der Waals surface area contributed by atoms with Gasteiger partial charge in [-0.25, -0.2) is 4.79 Å². The zero-order valence-electron chi connectivity index (χ0n) is 10.7. The van der Waals surface area contributed by atoms with E-state index in [1.807, 2.05) is 11.0 Å². The fourth-order valence-electron chi connectivity index (χ4n) is 3.97. The topological polar surface area (TPSA) is 45.2 Å². The van der Waals surface area contributed by atoms with Crippen LogP contribution in [-0.2, 0) is 0 Å². The molecular weight excluding hydrogens is 258 g/mol. The van der Waals surface area contributed by atoms with Crippen molar-refractivity contribution in [1.29, 1.82) is 0 Å². The van der Waals surface area contributed by atoms with E-state index in [0.29, 0.717) is 23.7 Å². The fourth-order valence-corrected chi connectivity index (χ4v) is 4.46. The van der Waals surface area contributed by atoms with Crippen molar-refractivity contribution >= 4 is 22.6 Å². The molecule has 3 aliphatic carbocycles. The van der Waals surface area contributed by atoms with E-state index >= 15 is 0 Å². The molecule has 0 radical (unpaired) electrons. The number of nitrogens with one attached hydrogen (secondary N) is 1. The standard InChI is InChI=1S/C14H17N3OS/c18-14(16-13-5-6-15-19-13)17-7-11-9-1-2-10(4-3-9)12(11)8-17/h1-2,5-6,9-12H,3-4,7-8H2,(H,16,18)/t9-,10+,11+,12-. The van der Waals surface area contributed by atoms with Crippen LogP contribution in [0.3, 0.4) is 0 Å². The first-order chi connectivity index (χ1) is 9.31. The van der Waals surface area contributed by atoms with Gasteiger partial charge in [0.2, 0.25) is 0 Å². The van der Waals surface area contributed by atoms with Crippen molar-refractivity contribution in [2.24, 2.45) is 23.7 Å². The minimum Gasteiger partial charge on any atom is -0.324 e. The monoisotopic (exact) mass is 275 g/mol. The molecular formula is C14H17N3OS. The molecule has 1 aromatic heterocycles. The molecule has 0 unspecified atom stereocenters. The Morgan fingerprint density at radius 2 is 1.95 bits per heavy atom. The first-order valence-corrected chi connectivity index (χ1v) is 7.73. The third-order valence-electron chi connectivity index (χ3n) is 4.91. The summed E-state index contributed by atoms with van der Waals surface area (Å²) in [6.45, 7) is 1.83. The molecule has 2 amide bonds. The average molecular weight is 275 g/mol. The normalized spacial score (nSPS) is 35.5. The minimum atomic E-state index is 0.0399. The van der Waals surface area contributed by atoms with E-state index in [2.05, 4.69) is 21.8 Å². The predicted molar refractivity (Wildman–Crippen MR) is 75.0 cm³/mol. The lowest BCUT2D eigenvalue weighted by atomic mass is 9.64. The van der Waals surface area contributed by atoms with Crippen LogP contribution in [0.15, 0.2) is 24.4 Å². The molecule has 2 bridgehead atoms. The molecule has 100 valence electrons. The largest absolute Gasteiger partial charge is 0.324 e. The van der Waals surface area contributed by atoms with E-state index in [0.717, 1.165) is 18.1 Å². The Hall–Kier alpha value is -1.36. The quantitative estimate of drug-likeness (QED) is 0.801. The first kappa shape index (κ1) is 11.5. The number of carbonyl (C=O) groups excluding carboxylic acids is 1. The van der Waals surface area contributed by atoms with Gasteiger partial charge in [-0.1, -0.05) is 12.2 Å². The summed E-state index contributed by atoms with van der Waals surface area (Å²) in [5.41, 5.74) is 0. The number of aromatic nitrogens is 1. The third kappa shape index (κ3) is 1.87. The van der Waals surface area contributed by atoms with Gasteiger partial charge in [0, 0.05) is 19.3 Å². The summed E-state index contributed by atoms with van der Waals surface area (Å²) in [6.07, 6.45) is 9.12. The van der Waals surface area contributed by atoms with Crippen LogP contribution in [0.4, 0.5) is 9.80 Å². The van der Waals surface area contributed by atoms with Gasteiger partial charge in [-0.05, 0) is 54.1 Å². The Morgan fingerprint density at radius 3 is 2.47 bits per heavy atom. The smallest absolute Gasteiger partial charge is 0.322 e. The van der Waals surface area contributed by atoms with Crippen LogP contribution in [0.25, 0.3) is 0 Å². The van der Waals surface area contributed by atoms with Crippen molar-refractivity contribution in [2.45, 2.75) is 12.8 Å². The molecule has 5 heteroatoms. The molecule has 4 nitrogen and oxygen atoms in total. The number of nitrogens with zero attached hydrogens (tertiary/aromatic N) is 2. The second-order valence-corrected chi connectivity index (χ2v) is 6.66. The number of fused-ring (bicyclic) bond motifs is 1. The summed E-state index contributed by atoms with van der Waals surface area (Å²) < 4.78 is 4.01. The average Bonchev–Trinajstić information content (AvgIpc) is 3.09. The van der Waals surface area contributed by atoms with E-state index in [1.165, 1.54) is 24.4 Å². The van der Waals surface area contributed by atoms with Gasteiger partial charge in [0.1, 0.15) is 5.00 Å². The van der Waals surface area contributed by atoms with Gasteiger partial charge >= 0.3 is 6.03 Å². The summed E-state index contributed by atoms with van der Waals surface area (Å²) in [7, 11) is 0. The van der Waals surface area contributed by atoms with Crippen LogP contribution in [0, 0.1) is 23.7 Å². The van der Waals surface area contributed by atoms with Crippen LogP contribution in [0.2, 0.25) is 0 Å². The Labute approximate surface area is 116 Å². The highest BCUT2D eigenvalue weighted by Crippen LogP contribution is 2.48. The maximum absolute atomic E-state index is 12.3. The van der Waals surface area contributed by atoms with Crippen molar-refractivity contribution in [3.05, 3.63) is 24.4 Å². The Kier molecular flexibility index (Phi) is 2.62. The maximum Gasteiger partial charge on any atom is 0.322 e. The molecule has 1 saturated heterocycles. The number of anilines is 1. The summed E-state index contributed by atoms with van der Waals surface area (Å²) in [6, 6.07) is 1.88. The number of carbonyl (C=O) groups is 1. The lowest BCUT2D eigenvalue weighted by molar-refractivity contribution is 0.169. The number of hydrogen-bond donors (Lipinski definition) is 1. The fraction of sp³-hybridized carbons (Fsp3) is 0.571. The third-order valence-corrected chi connectivity index (χ3v) is 5.57. The number of hydrogen-bond acceptors (Lipinski definition) is 3. The molecule has 2 fully saturated rings. The molecule has 0 aromatic carbocycles. The summed E-state index contributed by atoms with van der Waals surface area (Å²) in [5.74, 6) is 2.79. The van der Waals surface area contributed by atoms with Crippen LogP contribution in [0.5, 0.6) is 0 Å². The number of amides is 2. The maximum atomic E-state index is 12.3. The second-order valence-electron chi connectivity index (χ2n) is 5.83. The van der Waals surface area contributed by atoms with Crippen molar-refractivity contribution in [3.8, 4) is 0 Å². The molecule has 1 saturated carbocycles. The first-order valence-electron chi connectivity index (χ1n) is 6.96. The Bertz CT molecular complexity index is 491. The summed E-state index contributed by atoms with van der Waals surface area (Å²) >= 11 is 1.33. The van der Waals surface area contributed by atoms with Gasteiger partial charge in [0.05, 0.1) is 0 Å². The molecule has 19 heavy (non-hydrogen) atoms. The van der Waals surface area contributed by atoms with E-state index in [-0.39, 0.29) is 6.03 Å². The van der Waals surface area contributed by atoms with E-state index in [9.17, 15) is 4.79 Å². The van der Waals surface area contributed by atoms with Crippen molar-refractivity contribution in [2.75, 3.05) is 18.4 Å². The molecule has 2 heterocycles. The zero-order chi connectivity index (χ0) is 12.8. The minimum absolute atomic E-state index is 0.0399. The highest BCUT2D eigenvalue weighted by Gasteiger charge is 2.46. The van der Waals surface area contributed by atoms with E-state index in [1.54, 1.807) is 6.20 Å². The zero-order valence-corrected chi connectivity index (χ0v) is 11.5. The van der Waals surface area contributed by atoms with Crippen LogP contribution in [-0.4, -0.2) is 28.4 Å². The van der Waals surface area contributed by atoms with Gasteiger partial charge in [0.25, 0.3) is 0 Å². The van der Waals surface area contributed by atoms with Gasteiger partial charge in [0.15, 0.2) is 0 Å². The molecule has 4 aliphatic rings. The second kappa shape index (κ2) is 4.34. The molecule has 5 rings (SSSR count). The van der Waals surface area contributed by atoms with Gasteiger partial charge in [-0.3, -0.25) is 5.32 Å². The molecule has 1 aromatic rings. The number of allylic oxidation sites excluding steroid dienone is 2. The van der Waals surface area contributed by atoms with Gasteiger partial charge in [-0.15, -0.1) is 0 Å². The Balaban J connectivity index is 1.46. The van der Waals surface area contributed by atoms with Crippen molar-refractivity contribution in [1.82, 2.24) is 9.27 Å². The summed E-state index contributed by atoms with van der Waals surface area (Å²) in [5, 5.41) is 3.78. The SMILES string of the molecule is O=C(Nc1ccns1)N1C[C@@H]2[C@H](C1)[C@H]1C=C[C@@H]2CC1. The van der Waals surface area contributed by atoms with Crippen LogP contribution < -0.4 is 5.32 Å². The Morgan fingerprint density at radius 1 is 1.26 bits per heavy atom. The molecule has 0 spiro atoms. The van der Waals surface area contributed by atoms with Crippen molar-refractivity contribution < 1.29 is 4.79 Å². The molecule has 4 atom stereocenters. The van der Waals surface area contributed by atoms with Crippen molar-refractivity contribution in [3.63, 3.8) is 0 Å². The lowest BCUT2D eigenvalue weighted by Gasteiger charge is -2.40. The number of rotatable bonds is 1. The van der Waals surface area contributed by atoms with Gasteiger partial charge < -0.3 is 4.90 Å². The van der Waals surface area contributed by atoms with Crippen LogP contribution in [0.1, 0.15) is 12.8 Å². The van der Waals surface area contributed by atoms with Crippen LogP contribution >= 0.6 is 11.5 Å². The van der Waals surface area contributed by atoms with E-state index in [4.69, 9.17) is 0 Å². The van der Waals surface area contributed by atoms with Gasteiger partial charge in [-0.2, -0.15) is 4.37 Å². The lowest BCUT2D eigenvalue weighted by Crippen LogP contribution is -2.35. The highest BCUT2D eigenvalue weighted by molar-refractivity contribution is 7.10.